The zero-order chi connectivity index (χ0) is 23.3. The van der Waals surface area contributed by atoms with Gasteiger partial charge >= 0.3 is 0 Å². The monoisotopic (exact) mass is 438 g/mol. The van der Waals surface area contributed by atoms with Gasteiger partial charge in [0, 0.05) is 30.2 Å². The number of benzene rings is 2. The number of nitrogens with two attached hydrogens (primary N) is 1. The molecular weight excluding hydrogens is 412 g/mol. The predicted molar refractivity (Wildman–Crippen MR) is 120 cm³/mol. The fourth-order valence-corrected chi connectivity index (χ4v) is 3.42. The molecule has 2 aromatic carbocycles. The molecule has 2 aromatic rings. The van der Waals surface area contributed by atoms with Gasteiger partial charge in [-0.1, -0.05) is 25.5 Å². The quantitative estimate of drug-likeness (QED) is 0.313. The van der Waals surface area contributed by atoms with Crippen LogP contribution in [0, 0.1) is 5.41 Å². The molecule has 168 valence electrons. The van der Waals surface area contributed by atoms with Crippen LogP contribution in [0.3, 0.4) is 0 Å². The average molecular weight is 438 g/mol. The van der Waals surface area contributed by atoms with Gasteiger partial charge in [0.25, 0.3) is 5.91 Å². The van der Waals surface area contributed by atoms with Crippen LogP contribution in [0.25, 0.3) is 0 Å². The van der Waals surface area contributed by atoms with Crippen molar-refractivity contribution in [1.29, 1.82) is 5.41 Å². The molecule has 3 rings (SSSR count). The second kappa shape index (κ2) is 9.95. The number of carbonyl (C=O) groups excluding carboxylic acids is 3. The number of nitrogens with one attached hydrogen (secondary N) is 2. The summed E-state index contributed by atoms with van der Waals surface area (Å²) in [6.07, 6.45) is 0.756. The Bertz CT molecular complexity index is 1040. The molecule has 1 saturated heterocycles. The van der Waals surface area contributed by atoms with E-state index < -0.39 is 6.10 Å². The average Bonchev–Trinajstić information content (AvgIpc) is 3.11. The third-order valence-corrected chi connectivity index (χ3v) is 5.01. The lowest BCUT2D eigenvalue weighted by molar-refractivity contribution is -0.123. The minimum atomic E-state index is -0.769. The molecule has 9 nitrogen and oxygen atoms in total. The molecule has 0 saturated carbocycles. The Hall–Kier alpha value is -3.88. The van der Waals surface area contributed by atoms with Crippen molar-refractivity contribution in [3.05, 3.63) is 48.0 Å². The fraction of sp³-hybridized carbons (Fsp3) is 0.304. The molecule has 32 heavy (non-hydrogen) atoms. The lowest BCUT2D eigenvalue weighted by Crippen LogP contribution is -2.33. The van der Waals surface area contributed by atoms with Crippen LogP contribution >= 0.6 is 0 Å². The first-order valence-electron chi connectivity index (χ1n) is 10.3. The van der Waals surface area contributed by atoms with Crippen LogP contribution in [0.5, 0.6) is 11.5 Å². The van der Waals surface area contributed by atoms with Crippen LogP contribution < -0.4 is 25.4 Å². The van der Waals surface area contributed by atoms with Crippen molar-refractivity contribution in [2.24, 2.45) is 5.73 Å². The summed E-state index contributed by atoms with van der Waals surface area (Å²) in [7, 11) is 1.43. The van der Waals surface area contributed by atoms with Crippen LogP contribution in [-0.4, -0.2) is 36.8 Å². The number of hydrogen-bond donors (Lipinski definition) is 3. The van der Waals surface area contributed by atoms with Crippen molar-refractivity contribution in [3.63, 3.8) is 0 Å². The van der Waals surface area contributed by atoms with Gasteiger partial charge in [-0.3, -0.25) is 19.8 Å². The first-order chi connectivity index (χ1) is 15.3. The Labute approximate surface area is 186 Å². The molecule has 1 fully saturated rings. The Morgan fingerprint density at radius 1 is 1.19 bits per heavy atom. The summed E-state index contributed by atoms with van der Waals surface area (Å²) in [5.74, 6) is -0.278. The van der Waals surface area contributed by atoms with Gasteiger partial charge in [0.05, 0.1) is 12.8 Å². The maximum atomic E-state index is 12.9. The number of anilines is 2. The van der Waals surface area contributed by atoms with Crippen molar-refractivity contribution in [1.82, 2.24) is 0 Å². The van der Waals surface area contributed by atoms with Crippen LogP contribution in [-0.2, 0) is 14.4 Å². The molecule has 1 aliphatic heterocycles. The summed E-state index contributed by atoms with van der Waals surface area (Å²) in [4.78, 5) is 38.1. The molecule has 0 radical (unpaired) electrons. The Kier molecular flexibility index (Phi) is 7.09. The second-order valence-electron chi connectivity index (χ2n) is 7.34. The summed E-state index contributed by atoms with van der Waals surface area (Å²) < 4.78 is 11.2. The SMILES string of the molecule is CCCC(Oc1cccc(C(=N)N)c1)C(=O)Nc1ccc(N2C(=O)CCC2=O)c(OC)c1. The van der Waals surface area contributed by atoms with Crippen molar-refractivity contribution in [2.45, 2.75) is 38.7 Å². The van der Waals surface area contributed by atoms with E-state index >= 15 is 0 Å². The van der Waals surface area contributed by atoms with Gasteiger partial charge in [-0.2, -0.15) is 0 Å². The lowest BCUT2D eigenvalue weighted by Gasteiger charge is -2.20. The summed E-state index contributed by atoms with van der Waals surface area (Å²) in [6.45, 7) is 1.94. The van der Waals surface area contributed by atoms with Crippen molar-refractivity contribution < 1.29 is 23.9 Å². The van der Waals surface area contributed by atoms with Gasteiger partial charge < -0.3 is 20.5 Å². The molecule has 3 amide bonds. The van der Waals surface area contributed by atoms with Gasteiger partial charge in [-0.15, -0.1) is 0 Å². The Morgan fingerprint density at radius 2 is 1.91 bits per heavy atom. The number of methoxy groups -OCH3 is 1. The van der Waals surface area contributed by atoms with Gasteiger partial charge in [-0.25, -0.2) is 4.90 Å². The molecule has 4 N–H and O–H groups in total. The number of imide groups is 1. The summed E-state index contributed by atoms with van der Waals surface area (Å²) in [5, 5.41) is 10.4. The van der Waals surface area contributed by atoms with Gasteiger partial charge in [-0.05, 0) is 30.7 Å². The van der Waals surface area contributed by atoms with E-state index in [-0.39, 0.29) is 36.4 Å². The zero-order valence-electron chi connectivity index (χ0n) is 18.0. The molecule has 0 aliphatic carbocycles. The van der Waals surface area contributed by atoms with Gasteiger partial charge in [0.15, 0.2) is 6.10 Å². The number of ether oxygens (including phenoxy) is 2. The highest BCUT2D eigenvalue weighted by molar-refractivity contribution is 6.20. The molecule has 1 aliphatic rings. The highest BCUT2D eigenvalue weighted by Crippen LogP contribution is 2.34. The van der Waals surface area contributed by atoms with Gasteiger partial charge in [0.1, 0.15) is 17.3 Å². The normalized spacial score (nSPS) is 14.2. The summed E-state index contributed by atoms with van der Waals surface area (Å²) in [5.41, 5.74) is 6.82. The maximum absolute atomic E-state index is 12.9. The zero-order valence-corrected chi connectivity index (χ0v) is 18.0. The van der Waals surface area contributed by atoms with Crippen LogP contribution in [0.4, 0.5) is 11.4 Å². The van der Waals surface area contributed by atoms with E-state index in [1.807, 2.05) is 6.92 Å². The highest BCUT2D eigenvalue weighted by atomic mass is 16.5. The summed E-state index contributed by atoms with van der Waals surface area (Å²) in [6, 6.07) is 11.4. The minimum absolute atomic E-state index is 0.0888. The van der Waals surface area contributed by atoms with E-state index in [2.05, 4.69) is 5.32 Å². The van der Waals surface area contributed by atoms with Gasteiger partial charge in [0.2, 0.25) is 11.8 Å². The minimum Gasteiger partial charge on any atom is -0.494 e. The van der Waals surface area contributed by atoms with Crippen LogP contribution in [0.2, 0.25) is 0 Å². The molecule has 1 atom stereocenters. The van der Waals surface area contributed by atoms with Crippen LogP contribution in [0.15, 0.2) is 42.5 Å². The van der Waals surface area contributed by atoms with Crippen molar-refractivity contribution >= 4 is 34.9 Å². The third-order valence-electron chi connectivity index (χ3n) is 5.01. The molecule has 9 heteroatoms. The maximum Gasteiger partial charge on any atom is 0.265 e. The Morgan fingerprint density at radius 3 is 2.53 bits per heavy atom. The molecule has 0 spiro atoms. The van der Waals surface area contributed by atoms with Crippen molar-refractivity contribution in [2.75, 3.05) is 17.3 Å². The van der Waals surface area contributed by atoms with E-state index in [1.165, 1.54) is 7.11 Å². The molecule has 0 bridgehead atoms. The predicted octanol–water partition coefficient (Wildman–Crippen LogP) is 2.82. The van der Waals surface area contributed by atoms with E-state index in [0.29, 0.717) is 41.3 Å². The summed E-state index contributed by atoms with van der Waals surface area (Å²) >= 11 is 0. The van der Waals surface area contributed by atoms with E-state index in [4.69, 9.17) is 20.6 Å². The number of nitrogen functional groups attached to an aromatic ring is 1. The first kappa shape index (κ1) is 22.8. The van der Waals surface area contributed by atoms with E-state index in [0.717, 1.165) is 4.90 Å². The highest BCUT2D eigenvalue weighted by Gasteiger charge is 2.32. The second-order valence-corrected chi connectivity index (χ2v) is 7.34. The number of nitrogens with zero attached hydrogens (tertiary/aromatic N) is 1. The third kappa shape index (κ3) is 5.05. The molecule has 1 unspecified atom stereocenters. The first-order valence-corrected chi connectivity index (χ1v) is 10.3. The van der Waals surface area contributed by atoms with Crippen molar-refractivity contribution in [3.8, 4) is 11.5 Å². The number of carbonyl (C=O) groups is 3. The Balaban J connectivity index is 1.77. The number of amides is 3. The molecule has 1 heterocycles. The number of rotatable bonds is 9. The standard InChI is InChI=1S/C23H26N4O5/c1-3-5-18(32-16-7-4-6-14(12-16)22(24)25)23(30)26-15-8-9-17(19(13-15)31-2)27-20(28)10-11-21(27)29/h4,6-9,12-13,18H,3,5,10-11H2,1-2H3,(H3,24,25)(H,26,30). The number of amidine groups is 1. The lowest BCUT2D eigenvalue weighted by atomic mass is 10.1. The smallest absolute Gasteiger partial charge is 0.265 e. The molecular formula is C23H26N4O5. The fourth-order valence-electron chi connectivity index (χ4n) is 3.42. The topological polar surface area (TPSA) is 135 Å². The van der Waals surface area contributed by atoms with E-state index in [9.17, 15) is 14.4 Å². The van der Waals surface area contributed by atoms with E-state index in [1.54, 1.807) is 42.5 Å². The largest absolute Gasteiger partial charge is 0.494 e. The number of hydrogen-bond acceptors (Lipinski definition) is 6. The van der Waals surface area contributed by atoms with Crippen LogP contribution in [0.1, 0.15) is 38.2 Å². The molecule has 0 aromatic heterocycles.